The monoisotopic (exact) mass is 284 g/mol. The van der Waals surface area contributed by atoms with E-state index >= 15 is 0 Å². The van der Waals surface area contributed by atoms with E-state index in [-0.39, 0.29) is 31.1 Å². The van der Waals surface area contributed by atoms with E-state index in [9.17, 15) is 9.59 Å². The highest BCUT2D eigenvalue weighted by molar-refractivity contribution is 6.30. The summed E-state index contributed by atoms with van der Waals surface area (Å²) in [4.78, 5) is 22.7. The Balaban J connectivity index is 2.27. The van der Waals surface area contributed by atoms with Crippen LogP contribution in [0.5, 0.6) is 0 Å². The van der Waals surface area contributed by atoms with Crippen molar-refractivity contribution < 1.29 is 14.3 Å². The molecule has 0 unspecified atom stereocenters. The maximum atomic E-state index is 11.5. The zero-order chi connectivity index (χ0) is 14.3. The second kappa shape index (κ2) is 7.63. The summed E-state index contributed by atoms with van der Waals surface area (Å²) in [5.74, 6) is -0.335. The maximum absolute atomic E-state index is 11.5. The van der Waals surface area contributed by atoms with Crippen molar-refractivity contribution in [2.45, 2.75) is 26.4 Å². The molecular formula is C13H17ClN2O3. The molecule has 0 aliphatic heterocycles. The molecule has 2 amide bonds. The molecule has 19 heavy (non-hydrogen) atoms. The average Bonchev–Trinajstić information content (AvgIpc) is 2.27. The minimum Gasteiger partial charge on any atom is -0.463 e. The van der Waals surface area contributed by atoms with Gasteiger partial charge in [0, 0.05) is 17.3 Å². The SMILES string of the molecule is CC(C)OC(=O)CCNC(=O)Nc1cccc(Cl)c1. The molecule has 2 N–H and O–H groups in total. The lowest BCUT2D eigenvalue weighted by atomic mass is 10.3. The number of ether oxygens (including phenoxy) is 1. The Morgan fingerprint density at radius 2 is 2.11 bits per heavy atom. The molecule has 6 heteroatoms. The number of rotatable bonds is 5. The topological polar surface area (TPSA) is 67.4 Å². The second-order valence-electron chi connectivity index (χ2n) is 4.18. The summed E-state index contributed by atoms with van der Waals surface area (Å²) in [6, 6.07) is 6.41. The fraction of sp³-hybridized carbons (Fsp3) is 0.385. The fourth-order valence-electron chi connectivity index (χ4n) is 1.34. The zero-order valence-electron chi connectivity index (χ0n) is 10.9. The summed E-state index contributed by atoms with van der Waals surface area (Å²) >= 11 is 5.79. The smallest absolute Gasteiger partial charge is 0.319 e. The zero-order valence-corrected chi connectivity index (χ0v) is 11.7. The number of amides is 2. The van der Waals surface area contributed by atoms with Gasteiger partial charge in [0.15, 0.2) is 0 Å². The minimum atomic E-state index is -0.389. The fourth-order valence-corrected chi connectivity index (χ4v) is 1.53. The Labute approximate surface area is 117 Å². The number of hydrogen-bond acceptors (Lipinski definition) is 3. The molecule has 0 bridgehead atoms. The van der Waals surface area contributed by atoms with E-state index < -0.39 is 0 Å². The van der Waals surface area contributed by atoms with Gasteiger partial charge in [0.05, 0.1) is 12.5 Å². The number of nitrogens with one attached hydrogen (secondary N) is 2. The number of halogens is 1. The van der Waals surface area contributed by atoms with Gasteiger partial charge in [0.2, 0.25) is 0 Å². The van der Waals surface area contributed by atoms with Crippen LogP contribution in [0.3, 0.4) is 0 Å². The Morgan fingerprint density at radius 1 is 1.37 bits per heavy atom. The number of esters is 1. The van der Waals surface area contributed by atoms with Gasteiger partial charge in [-0.25, -0.2) is 4.79 Å². The Kier molecular flexibility index (Phi) is 6.15. The molecule has 0 saturated heterocycles. The third-order valence-electron chi connectivity index (χ3n) is 2.06. The molecule has 0 fully saturated rings. The standard InChI is InChI=1S/C13H17ClN2O3/c1-9(2)19-12(17)6-7-15-13(18)16-11-5-3-4-10(14)8-11/h3-5,8-9H,6-7H2,1-2H3,(H2,15,16,18). The van der Waals surface area contributed by atoms with Gasteiger partial charge in [0.1, 0.15) is 0 Å². The van der Waals surface area contributed by atoms with Crippen LogP contribution in [0.15, 0.2) is 24.3 Å². The molecule has 0 spiro atoms. The molecule has 0 radical (unpaired) electrons. The molecule has 1 aromatic rings. The van der Waals surface area contributed by atoms with Crippen molar-refractivity contribution in [3.05, 3.63) is 29.3 Å². The van der Waals surface area contributed by atoms with E-state index in [1.165, 1.54) is 0 Å². The Bertz CT molecular complexity index is 449. The Morgan fingerprint density at radius 3 is 2.74 bits per heavy atom. The molecule has 1 rings (SSSR count). The van der Waals surface area contributed by atoms with E-state index in [2.05, 4.69) is 10.6 Å². The summed E-state index contributed by atoms with van der Waals surface area (Å²) in [5.41, 5.74) is 0.592. The van der Waals surface area contributed by atoms with Crippen molar-refractivity contribution in [2.75, 3.05) is 11.9 Å². The lowest BCUT2D eigenvalue weighted by Crippen LogP contribution is -2.31. The van der Waals surface area contributed by atoms with Gasteiger partial charge in [-0.15, -0.1) is 0 Å². The van der Waals surface area contributed by atoms with Crippen LogP contribution in [0.4, 0.5) is 10.5 Å². The van der Waals surface area contributed by atoms with E-state index in [1.54, 1.807) is 38.1 Å². The first-order chi connectivity index (χ1) is 8.97. The lowest BCUT2D eigenvalue weighted by molar-refractivity contribution is -0.147. The highest BCUT2D eigenvalue weighted by Crippen LogP contribution is 2.14. The molecular weight excluding hydrogens is 268 g/mol. The van der Waals surface area contributed by atoms with Gasteiger partial charge >= 0.3 is 12.0 Å². The molecule has 0 heterocycles. The Hall–Kier alpha value is -1.75. The second-order valence-corrected chi connectivity index (χ2v) is 4.62. The third-order valence-corrected chi connectivity index (χ3v) is 2.30. The number of carbonyl (C=O) groups is 2. The minimum absolute atomic E-state index is 0.140. The van der Waals surface area contributed by atoms with Crippen molar-refractivity contribution in [1.82, 2.24) is 5.32 Å². The van der Waals surface area contributed by atoms with Gasteiger partial charge in [-0.1, -0.05) is 17.7 Å². The summed E-state index contributed by atoms with van der Waals surface area (Å²) in [6.07, 6.45) is -0.00554. The van der Waals surface area contributed by atoms with Crippen molar-refractivity contribution in [3.8, 4) is 0 Å². The molecule has 5 nitrogen and oxygen atoms in total. The van der Waals surface area contributed by atoms with Crippen molar-refractivity contribution in [3.63, 3.8) is 0 Å². The number of hydrogen-bond donors (Lipinski definition) is 2. The molecule has 0 saturated carbocycles. The maximum Gasteiger partial charge on any atom is 0.319 e. The molecule has 104 valence electrons. The number of anilines is 1. The largest absolute Gasteiger partial charge is 0.463 e. The average molecular weight is 285 g/mol. The quantitative estimate of drug-likeness (QED) is 0.817. The van der Waals surface area contributed by atoms with Crippen LogP contribution in [0, 0.1) is 0 Å². The molecule has 0 aliphatic rings. The van der Waals surface area contributed by atoms with Gasteiger partial charge in [-0.05, 0) is 32.0 Å². The summed E-state index contributed by atoms with van der Waals surface area (Å²) in [7, 11) is 0. The first-order valence-corrected chi connectivity index (χ1v) is 6.35. The van der Waals surface area contributed by atoms with E-state index in [1.807, 2.05) is 0 Å². The highest BCUT2D eigenvalue weighted by atomic mass is 35.5. The highest BCUT2D eigenvalue weighted by Gasteiger charge is 2.07. The van der Waals surface area contributed by atoms with Crippen LogP contribution >= 0.6 is 11.6 Å². The summed E-state index contributed by atoms with van der Waals surface area (Å²) in [5, 5.41) is 5.71. The first-order valence-electron chi connectivity index (χ1n) is 5.97. The lowest BCUT2D eigenvalue weighted by Gasteiger charge is -2.09. The summed E-state index contributed by atoms with van der Waals surface area (Å²) < 4.78 is 4.94. The van der Waals surface area contributed by atoms with Crippen LogP contribution in [0.2, 0.25) is 5.02 Å². The van der Waals surface area contributed by atoms with Crippen molar-refractivity contribution in [2.24, 2.45) is 0 Å². The molecule has 1 aromatic carbocycles. The van der Waals surface area contributed by atoms with Gasteiger partial charge in [-0.3, -0.25) is 4.79 Å². The van der Waals surface area contributed by atoms with E-state index in [4.69, 9.17) is 16.3 Å². The third kappa shape index (κ3) is 6.67. The predicted octanol–water partition coefficient (Wildman–Crippen LogP) is 2.80. The van der Waals surface area contributed by atoms with Gasteiger partial charge in [-0.2, -0.15) is 0 Å². The van der Waals surface area contributed by atoms with Gasteiger partial charge < -0.3 is 15.4 Å². The van der Waals surface area contributed by atoms with Gasteiger partial charge in [0.25, 0.3) is 0 Å². The van der Waals surface area contributed by atoms with Crippen LogP contribution in [-0.2, 0) is 9.53 Å². The predicted molar refractivity (Wildman–Crippen MR) is 74.3 cm³/mol. The van der Waals surface area contributed by atoms with Crippen molar-refractivity contribution >= 4 is 29.3 Å². The molecule has 0 aromatic heterocycles. The normalized spacial score (nSPS) is 10.1. The van der Waals surface area contributed by atoms with Crippen LogP contribution in [0.25, 0.3) is 0 Å². The number of benzene rings is 1. The van der Waals surface area contributed by atoms with Crippen LogP contribution in [0.1, 0.15) is 20.3 Å². The first kappa shape index (κ1) is 15.3. The van der Waals surface area contributed by atoms with Crippen LogP contribution in [-0.4, -0.2) is 24.6 Å². The number of urea groups is 1. The summed E-state index contributed by atoms with van der Waals surface area (Å²) in [6.45, 7) is 3.77. The molecule has 0 aliphatic carbocycles. The van der Waals surface area contributed by atoms with E-state index in [0.717, 1.165) is 0 Å². The number of carbonyl (C=O) groups excluding carboxylic acids is 2. The van der Waals surface area contributed by atoms with E-state index in [0.29, 0.717) is 10.7 Å². The van der Waals surface area contributed by atoms with Crippen LogP contribution < -0.4 is 10.6 Å². The molecule has 0 atom stereocenters. The van der Waals surface area contributed by atoms with Crippen molar-refractivity contribution in [1.29, 1.82) is 0 Å².